The summed E-state index contributed by atoms with van der Waals surface area (Å²) in [6, 6.07) is 6.11. The highest BCUT2D eigenvalue weighted by Crippen LogP contribution is 2.27. The van der Waals surface area contributed by atoms with E-state index in [-0.39, 0.29) is 6.04 Å². The molecule has 1 aliphatic rings. The van der Waals surface area contributed by atoms with Crippen molar-refractivity contribution in [1.82, 2.24) is 0 Å². The zero-order chi connectivity index (χ0) is 9.97. The smallest absolute Gasteiger partial charge is 0.170 e. The molecule has 2 nitrogen and oxygen atoms in total. The standard InChI is InChI=1S/C11H12ClNO/c1-2-8-5-9(12)3-4-10(8)11-6-14-7-13-11/h3-5,7,11H,2,6H2,1H3. The molecule has 0 saturated carbocycles. The summed E-state index contributed by atoms with van der Waals surface area (Å²) in [6.45, 7) is 2.77. The molecule has 3 heteroatoms. The van der Waals surface area contributed by atoms with Crippen molar-refractivity contribution in [3.05, 3.63) is 34.3 Å². The molecular formula is C11H12ClNO. The monoisotopic (exact) mass is 209 g/mol. The Morgan fingerprint density at radius 2 is 2.43 bits per heavy atom. The molecule has 1 aromatic rings. The Morgan fingerprint density at radius 3 is 3.07 bits per heavy atom. The van der Waals surface area contributed by atoms with Gasteiger partial charge in [0.2, 0.25) is 0 Å². The van der Waals surface area contributed by atoms with Crippen molar-refractivity contribution in [2.24, 2.45) is 4.99 Å². The van der Waals surface area contributed by atoms with Crippen molar-refractivity contribution in [3.63, 3.8) is 0 Å². The minimum Gasteiger partial charge on any atom is -0.481 e. The van der Waals surface area contributed by atoms with Crippen LogP contribution in [0.2, 0.25) is 5.02 Å². The van der Waals surface area contributed by atoms with Crippen LogP contribution in [0, 0.1) is 0 Å². The summed E-state index contributed by atoms with van der Waals surface area (Å²) in [5.41, 5.74) is 2.48. The third-order valence-corrected chi connectivity index (χ3v) is 2.65. The first kappa shape index (κ1) is 9.53. The molecule has 0 N–H and O–H groups in total. The molecule has 1 heterocycles. The second-order valence-corrected chi connectivity index (χ2v) is 3.74. The minimum absolute atomic E-state index is 0.155. The van der Waals surface area contributed by atoms with Crippen molar-refractivity contribution >= 4 is 18.0 Å². The summed E-state index contributed by atoms with van der Waals surface area (Å²) < 4.78 is 5.12. The van der Waals surface area contributed by atoms with Crippen LogP contribution in [0.1, 0.15) is 24.1 Å². The van der Waals surface area contributed by atoms with Gasteiger partial charge in [-0.2, -0.15) is 0 Å². The van der Waals surface area contributed by atoms with Gasteiger partial charge in [0.1, 0.15) is 12.6 Å². The van der Waals surface area contributed by atoms with Gasteiger partial charge in [-0.3, -0.25) is 0 Å². The molecule has 1 aromatic carbocycles. The third kappa shape index (κ3) is 1.75. The fraction of sp³-hybridized carbons (Fsp3) is 0.364. The predicted molar refractivity (Wildman–Crippen MR) is 58.0 cm³/mol. The first-order chi connectivity index (χ1) is 6.81. The number of aliphatic imine (C=N–C) groups is 1. The largest absolute Gasteiger partial charge is 0.481 e. The molecule has 0 aliphatic carbocycles. The Kier molecular flexibility index (Phi) is 2.73. The molecule has 0 radical (unpaired) electrons. The van der Waals surface area contributed by atoms with Crippen molar-refractivity contribution in [1.29, 1.82) is 0 Å². The number of hydrogen-bond donors (Lipinski definition) is 0. The highest BCUT2D eigenvalue weighted by molar-refractivity contribution is 6.30. The Balaban J connectivity index is 2.36. The van der Waals surface area contributed by atoms with E-state index in [1.807, 2.05) is 18.2 Å². The lowest BCUT2D eigenvalue weighted by molar-refractivity contribution is 0.330. The fourth-order valence-electron chi connectivity index (χ4n) is 1.67. The number of ether oxygens (including phenoxy) is 1. The highest BCUT2D eigenvalue weighted by Gasteiger charge is 2.17. The van der Waals surface area contributed by atoms with Crippen molar-refractivity contribution in [2.75, 3.05) is 6.61 Å². The molecule has 1 unspecified atom stereocenters. The Morgan fingerprint density at radius 1 is 1.57 bits per heavy atom. The summed E-state index contributed by atoms with van der Waals surface area (Å²) >= 11 is 5.93. The zero-order valence-electron chi connectivity index (χ0n) is 8.03. The number of aryl methyl sites for hydroxylation is 1. The van der Waals surface area contributed by atoms with Crippen LogP contribution in [0.15, 0.2) is 23.2 Å². The van der Waals surface area contributed by atoms with Crippen molar-refractivity contribution < 1.29 is 4.74 Å². The van der Waals surface area contributed by atoms with Gasteiger partial charge in [0, 0.05) is 5.02 Å². The number of nitrogens with zero attached hydrogens (tertiary/aromatic N) is 1. The summed E-state index contributed by atoms with van der Waals surface area (Å²) in [5, 5.41) is 0.786. The van der Waals surface area contributed by atoms with Crippen molar-refractivity contribution in [2.45, 2.75) is 19.4 Å². The fourth-order valence-corrected chi connectivity index (χ4v) is 1.86. The first-order valence-corrected chi connectivity index (χ1v) is 5.10. The summed E-state index contributed by atoms with van der Waals surface area (Å²) in [5.74, 6) is 0. The van der Waals surface area contributed by atoms with E-state index >= 15 is 0 Å². The van der Waals surface area contributed by atoms with Gasteiger partial charge in [-0.1, -0.05) is 24.6 Å². The Bertz CT molecular complexity index is 362. The topological polar surface area (TPSA) is 21.6 Å². The lowest BCUT2D eigenvalue weighted by Gasteiger charge is -2.11. The van der Waals surface area contributed by atoms with E-state index in [2.05, 4.69) is 11.9 Å². The summed E-state index contributed by atoms with van der Waals surface area (Å²) in [6.07, 6.45) is 2.50. The van der Waals surface area contributed by atoms with Crippen LogP contribution in [-0.4, -0.2) is 13.0 Å². The lowest BCUT2D eigenvalue weighted by Crippen LogP contribution is -2.01. The number of halogens is 1. The molecular weight excluding hydrogens is 198 g/mol. The molecule has 74 valence electrons. The van der Waals surface area contributed by atoms with Gasteiger partial charge in [0.25, 0.3) is 0 Å². The van der Waals surface area contributed by atoms with E-state index in [9.17, 15) is 0 Å². The van der Waals surface area contributed by atoms with Gasteiger partial charge in [0.05, 0.1) is 0 Å². The average Bonchev–Trinajstić information content (AvgIpc) is 2.70. The maximum atomic E-state index is 5.93. The van der Waals surface area contributed by atoms with Gasteiger partial charge < -0.3 is 4.74 Å². The Labute approximate surface area is 88.6 Å². The molecule has 0 spiro atoms. The molecule has 0 saturated heterocycles. The maximum Gasteiger partial charge on any atom is 0.170 e. The molecule has 1 atom stereocenters. The van der Waals surface area contributed by atoms with Crippen LogP contribution in [0.4, 0.5) is 0 Å². The average molecular weight is 210 g/mol. The van der Waals surface area contributed by atoms with Gasteiger partial charge in [-0.15, -0.1) is 0 Å². The van der Waals surface area contributed by atoms with Gasteiger partial charge in [0.15, 0.2) is 6.40 Å². The van der Waals surface area contributed by atoms with Gasteiger partial charge in [-0.05, 0) is 29.7 Å². The number of benzene rings is 1. The molecule has 2 rings (SSSR count). The Hall–Kier alpha value is -1.02. The van der Waals surface area contributed by atoms with Gasteiger partial charge >= 0.3 is 0 Å². The van der Waals surface area contributed by atoms with Crippen LogP contribution in [0.3, 0.4) is 0 Å². The van der Waals surface area contributed by atoms with E-state index < -0.39 is 0 Å². The highest BCUT2D eigenvalue weighted by atomic mass is 35.5. The van der Waals surface area contributed by atoms with Crippen LogP contribution in [0.25, 0.3) is 0 Å². The molecule has 0 fully saturated rings. The second kappa shape index (κ2) is 4.01. The minimum atomic E-state index is 0.155. The van der Waals surface area contributed by atoms with Crippen LogP contribution >= 0.6 is 11.6 Å². The van der Waals surface area contributed by atoms with E-state index in [1.165, 1.54) is 17.5 Å². The predicted octanol–water partition coefficient (Wildman–Crippen LogP) is 3.00. The summed E-state index contributed by atoms with van der Waals surface area (Å²) in [4.78, 5) is 4.25. The number of rotatable bonds is 2. The normalized spacial score (nSPS) is 19.7. The van der Waals surface area contributed by atoms with E-state index in [4.69, 9.17) is 16.3 Å². The second-order valence-electron chi connectivity index (χ2n) is 3.30. The first-order valence-electron chi connectivity index (χ1n) is 4.73. The zero-order valence-corrected chi connectivity index (χ0v) is 8.79. The van der Waals surface area contributed by atoms with Crippen molar-refractivity contribution in [3.8, 4) is 0 Å². The molecule has 14 heavy (non-hydrogen) atoms. The summed E-state index contributed by atoms with van der Waals surface area (Å²) in [7, 11) is 0. The molecule has 0 aromatic heterocycles. The van der Waals surface area contributed by atoms with Crippen LogP contribution < -0.4 is 0 Å². The van der Waals surface area contributed by atoms with E-state index in [0.29, 0.717) is 6.61 Å². The van der Waals surface area contributed by atoms with Crippen LogP contribution in [0.5, 0.6) is 0 Å². The number of hydrogen-bond acceptors (Lipinski definition) is 2. The third-order valence-electron chi connectivity index (χ3n) is 2.41. The van der Waals surface area contributed by atoms with Crippen LogP contribution in [-0.2, 0) is 11.2 Å². The van der Waals surface area contributed by atoms with Gasteiger partial charge in [-0.25, -0.2) is 4.99 Å². The maximum absolute atomic E-state index is 5.93. The lowest BCUT2D eigenvalue weighted by atomic mass is 10.00. The van der Waals surface area contributed by atoms with E-state index in [0.717, 1.165) is 11.4 Å². The molecule has 1 aliphatic heterocycles. The molecule has 0 bridgehead atoms. The quantitative estimate of drug-likeness (QED) is 0.734. The SMILES string of the molecule is CCc1cc(Cl)ccc1C1COC=N1. The molecule has 0 amide bonds. The van der Waals surface area contributed by atoms with E-state index in [1.54, 1.807) is 0 Å².